The molecule has 3 rings (SSSR count). The lowest BCUT2D eigenvalue weighted by atomic mass is 10.2. The van der Waals surface area contributed by atoms with E-state index >= 15 is 0 Å². The zero-order valence-corrected chi connectivity index (χ0v) is 16.2. The Morgan fingerprint density at radius 1 is 1.39 bits per heavy atom. The Hall–Kier alpha value is -3.05. The maximum absolute atomic E-state index is 12.4. The summed E-state index contributed by atoms with van der Waals surface area (Å²) in [5.41, 5.74) is 2.38. The number of aromatic nitrogens is 1. The van der Waals surface area contributed by atoms with Crippen LogP contribution >= 0.6 is 0 Å². The second-order valence-electron chi connectivity index (χ2n) is 6.81. The molecule has 0 saturated carbocycles. The highest BCUT2D eigenvalue weighted by Crippen LogP contribution is 2.28. The van der Waals surface area contributed by atoms with E-state index in [1.807, 2.05) is 18.4 Å². The van der Waals surface area contributed by atoms with Gasteiger partial charge in [0.1, 0.15) is 23.2 Å². The van der Waals surface area contributed by atoms with Gasteiger partial charge in [-0.2, -0.15) is 5.26 Å². The summed E-state index contributed by atoms with van der Waals surface area (Å²) < 4.78 is 17.7. The van der Waals surface area contributed by atoms with Crippen molar-refractivity contribution in [3.05, 3.63) is 40.5 Å². The Balaban J connectivity index is 1.72. The van der Waals surface area contributed by atoms with Crippen molar-refractivity contribution in [2.45, 2.75) is 46.3 Å². The van der Waals surface area contributed by atoms with Gasteiger partial charge >= 0.3 is 5.97 Å². The van der Waals surface area contributed by atoms with Crippen LogP contribution in [-0.4, -0.2) is 35.8 Å². The van der Waals surface area contributed by atoms with E-state index in [9.17, 15) is 14.9 Å². The number of carbonyl (C=O) groups excluding carboxylic acids is 2. The molecule has 0 radical (unpaired) electrons. The third-order valence-corrected chi connectivity index (χ3v) is 5.02. The van der Waals surface area contributed by atoms with Crippen LogP contribution in [0.1, 0.15) is 45.8 Å². The Kier molecular flexibility index (Phi) is 5.85. The summed E-state index contributed by atoms with van der Waals surface area (Å²) >= 11 is 0. The molecular formula is C20H23N3O5. The lowest BCUT2D eigenvalue weighted by Crippen LogP contribution is -2.25. The smallest absolute Gasteiger partial charge is 0.342 e. The molecule has 3 heterocycles. The summed E-state index contributed by atoms with van der Waals surface area (Å²) in [5, 5.41) is 12.3. The summed E-state index contributed by atoms with van der Waals surface area (Å²) in [5.74, 6) is -0.316. The molecule has 2 aromatic rings. The third-order valence-electron chi connectivity index (χ3n) is 5.02. The minimum absolute atomic E-state index is 0.0505. The van der Waals surface area contributed by atoms with Crippen molar-refractivity contribution in [1.29, 1.82) is 5.26 Å². The number of hydrogen-bond donors (Lipinski definition) is 1. The van der Waals surface area contributed by atoms with Crippen molar-refractivity contribution in [1.82, 2.24) is 4.57 Å². The number of amides is 1. The second kappa shape index (κ2) is 8.31. The monoisotopic (exact) mass is 385 g/mol. The van der Waals surface area contributed by atoms with Crippen molar-refractivity contribution in [2.24, 2.45) is 0 Å². The fourth-order valence-electron chi connectivity index (χ4n) is 3.32. The molecule has 0 aromatic carbocycles. The number of rotatable bonds is 6. The van der Waals surface area contributed by atoms with Gasteiger partial charge in [-0.15, -0.1) is 0 Å². The van der Waals surface area contributed by atoms with E-state index in [0.29, 0.717) is 23.7 Å². The molecule has 1 aliphatic heterocycles. The SMILES string of the molecule is Cc1occc1C(=O)OCC(=O)Nc1c(C#N)c(C)c(C)n1C[C@H]1CCCO1. The first-order chi connectivity index (χ1) is 13.4. The zero-order valence-electron chi connectivity index (χ0n) is 16.2. The van der Waals surface area contributed by atoms with Gasteiger partial charge in [-0.25, -0.2) is 4.79 Å². The van der Waals surface area contributed by atoms with Crippen LogP contribution in [0.3, 0.4) is 0 Å². The highest BCUT2D eigenvalue weighted by Gasteiger charge is 2.24. The van der Waals surface area contributed by atoms with Crippen LogP contribution in [0.4, 0.5) is 5.82 Å². The molecule has 8 heteroatoms. The molecule has 148 valence electrons. The summed E-state index contributed by atoms with van der Waals surface area (Å²) in [6.07, 6.45) is 3.37. The third kappa shape index (κ3) is 3.94. The maximum atomic E-state index is 12.4. The van der Waals surface area contributed by atoms with Crippen LogP contribution in [0, 0.1) is 32.1 Å². The molecule has 0 bridgehead atoms. The van der Waals surface area contributed by atoms with Gasteiger partial charge in [0.25, 0.3) is 5.91 Å². The number of aryl methyl sites for hydroxylation is 1. The molecule has 8 nitrogen and oxygen atoms in total. The van der Waals surface area contributed by atoms with Gasteiger partial charge in [0, 0.05) is 12.3 Å². The van der Waals surface area contributed by atoms with Crippen molar-refractivity contribution < 1.29 is 23.5 Å². The van der Waals surface area contributed by atoms with E-state index in [0.717, 1.165) is 30.7 Å². The molecule has 1 atom stereocenters. The molecule has 1 amide bonds. The highest BCUT2D eigenvalue weighted by atomic mass is 16.5. The first kappa shape index (κ1) is 19.7. The van der Waals surface area contributed by atoms with E-state index in [1.54, 1.807) is 6.92 Å². The van der Waals surface area contributed by atoms with Gasteiger partial charge in [-0.1, -0.05) is 0 Å². The largest absolute Gasteiger partial charge is 0.469 e. The summed E-state index contributed by atoms with van der Waals surface area (Å²) in [7, 11) is 0. The van der Waals surface area contributed by atoms with Crippen LogP contribution < -0.4 is 5.32 Å². The lowest BCUT2D eigenvalue weighted by molar-refractivity contribution is -0.119. The van der Waals surface area contributed by atoms with Crippen LogP contribution in [0.15, 0.2) is 16.7 Å². The normalized spacial score (nSPS) is 16.0. The average Bonchev–Trinajstić information content (AvgIpc) is 3.38. The number of hydrogen-bond acceptors (Lipinski definition) is 6. The molecule has 28 heavy (non-hydrogen) atoms. The molecule has 1 fully saturated rings. The van der Waals surface area contributed by atoms with E-state index in [1.165, 1.54) is 12.3 Å². The number of esters is 1. The fourth-order valence-corrected chi connectivity index (χ4v) is 3.32. The average molecular weight is 385 g/mol. The Bertz CT molecular complexity index is 929. The summed E-state index contributed by atoms with van der Waals surface area (Å²) in [6, 6.07) is 3.64. The van der Waals surface area contributed by atoms with Crippen molar-refractivity contribution in [2.75, 3.05) is 18.5 Å². The van der Waals surface area contributed by atoms with Gasteiger partial charge in [0.15, 0.2) is 6.61 Å². The standard InChI is InChI=1S/C20H23N3O5/c1-12-13(2)23(10-15-5-4-7-27-15)19(17(12)9-21)22-18(24)11-28-20(25)16-6-8-26-14(16)3/h6,8,15H,4-5,7,10-11H2,1-3H3,(H,22,24)/t15-/m1/s1. The summed E-state index contributed by atoms with van der Waals surface area (Å²) in [4.78, 5) is 24.4. The van der Waals surface area contributed by atoms with Gasteiger partial charge in [-0.05, 0) is 45.2 Å². The number of nitriles is 1. The highest BCUT2D eigenvalue weighted by molar-refractivity contribution is 5.96. The Morgan fingerprint density at radius 2 is 2.18 bits per heavy atom. The van der Waals surface area contributed by atoms with E-state index < -0.39 is 18.5 Å². The van der Waals surface area contributed by atoms with Crippen molar-refractivity contribution in [3.63, 3.8) is 0 Å². The zero-order chi connectivity index (χ0) is 20.3. The number of anilines is 1. The van der Waals surface area contributed by atoms with Crippen molar-refractivity contribution in [3.8, 4) is 6.07 Å². The van der Waals surface area contributed by atoms with Crippen LogP contribution in [0.2, 0.25) is 0 Å². The molecule has 2 aromatic heterocycles. The molecular weight excluding hydrogens is 362 g/mol. The minimum atomic E-state index is -0.635. The van der Waals surface area contributed by atoms with Crippen LogP contribution in [-0.2, 0) is 20.8 Å². The number of furan rings is 1. The van der Waals surface area contributed by atoms with Crippen LogP contribution in [0.25, 0.3) is 0 Å². The van der Waals surface area contributed by atoms with Crippen LogP contribution in [0.5, 0.6) is 0 Å². The van der Waals surface area contributed by atoms with E-state index in [2.05, 4.69) is 11.4 Å². The predicted molar refractivity (Wildman–Crippen MR) is 100.0 cm³/mol. The van der Waals surface area contributed by atoms with Gasteiger partial charge in [-0.3, -0.25) is 4.79 Å². The molecule has 0 aliphatic carbocycles. The predicted octanol–water partition coefficient (Wildman–Crippen LogP) is 2.85. The number of nitrogens with zero attached hydrogens (tertiary/aromatic N) is 2. The first-order valence-corrected chi connectivity index (χ1v) is 9.14. The minimum Gasteiger partial charge on any atom is -0.469 e. The topological polar surface area (TPSA) is 106 Å². The molecule has 1 aliphatic rings. The van der Waals surface area contributed by atoms with Gasteiger partial charge < -0.3 is 23.8 Å². The second-order valence-corrected chi connectivity index (χ2v) is 6.81. The molecule has 1 saturated heterocycles. The quantitative estimate of drug-likeness (QED) is 0.767. The molecule has 0 spiro atoms. The number of nitrogens with one attached hydrogen (secondary N) is 1. The molecule has 1 N–H and O–H groups in total. The summed E-state index contributed by atoms with van der Waals surface area (Å²) in [6.45, 7) is 6.20. The number of carbonyl (C=O) groups is 2. The van der Waals surface area contributed by atoms with E-state index in [4.69, 9.17) is 13.9 Å². The van der Waals surface area contributed by atoms with Gasteiger partial charge in [0.05, 0.1) is 24.5 Å². The Morgan fingerprint density at radius 3 is 2.79 bits per heavy atom. The van der Waals surface area contributed by atoms with Crippen molar-refractivity contribution >= 4 is 17.7 Å². The molecule has 0 unspecified atom stereocenters. The first-order valence-electron chi connectivity index (χ1n) is 9.14. The maximum Gasteiger partial charge on any atom is 0.342 e. The lowest BCUT2D eigenvalue weighted by Gasteiger charge is -2.16. The van der Waals surface area contributed by atoms with Gasteiger partial charge in [0.2, 0.25) is 0 Å². The Labute approximate surface area is 163 Å². The fraction of sp³-hybridized carbons (Fsp3) is 0.450. The number of ether oxygens (including phenoxy) is 2. The van der Waals surface area contributed by atoms with E-state index in [-0.39, 0.29) is 11.7 Å².